The van der Waals surface area contributed by atoms with Gasteiger partial charge in [-0.2, -0.15) is 0 Å². The van der Waals surface area contributed by atoms with E-state index in [0.717, 1.165) is 38.0 Å². The highest BCUT2D eigenvalue weighted by Gasteiger charge is 2.21. The molecule has 0 N–H and O–H groups in total. The van der Waals surface area contributed by atoms with Gasteiger partial charge in [0.1, 0.15) is 0 Å². The molecule has 0 bridgehead atoms. The number of piperazine rings is 1. The number of benzene rings is 1. The number of nitrogens with zero attached hydrogens (tertiary/aromatic N) is 3. The zero-order chi connectivity index (χ0) is 16.7. The van der Waals surface area contributed by atoms with Crippen LogP contribution in [0, 0.1) is 10.1 Å². The molecule has 0 spiro atoms. The molecule has 7 heteroatoms. The van der Waals surface area contributed by atoms with E-state index in [4.69, 9.17) is 11.6 Å². The highest BCUT2D eigenvalue weighted by molar-refractivity contribution is 6.17. The van der Waals surface area contributed by atoms with E-state index < -0.39 is 4.92 Å². The first-order chi connectivity index (χ1) is 11.1. The summed E-state index contributed by atoms with van der Waals surface area (Å²) in [5, 5.41) is 10.7. The standard InChI is InChI=1S/C16H22ClN3O3/c17-9-3-1-2-4-16(21)19-12-10-18(11-13-19)14-5-7-15(8-6-14)20(22)23/h5-8H,1-4,9-13H2. The Morgan fingerprint density at radius 1 is 1.09 bits per heavy atom. The molecule has 1 aliphatic heterocycles. The monoisotopic (exact) mass is 339 g/mol. The number of anilines is 1. The Bertz CT molecular complexity index is 528. The van der Waals surface area contributed by atoms with E-state index >= 15 is 0 Å². The highest BCUT2D eigenvalue weighted by atomic mass is 35.5. The number of amides is 1. The Morgan fingerprint density at radius 2 is 1.74 bits per heavy atom. The molecule has 0 radical (unpaired) electrons. The van der Waals surface area contributed by atoms with Gasteiger partial charge in [-0.1, -0.05) is 6.42 Å². The molecule has 2 rings (SSSR count). The van der Waals surface area contributed by atoms with E-state index in [0.29, 0.717) is 25.4 Å². The average Bonchev–Trinajstić information content (AvgIpc) is 2.59. The fourth-order valence-electron chi connectivity index (χ4n) is 2.70. The lowest BCUT2D eigenvalue weighted by Gasteiger charge is -2.36. The minimum atomic E-state index is -0.398. The van der Waals surface area contributed by atoms with Gasteiger partial charge < -0.3 is 9.80 Å². The second-order valence-electron chi connectivity index (χ2n) is 5.64. The van der Waals surface area contributed by atoms with Crippen molar-refractivity contribution in [2.75, 3.05) is 37.0 Å². The minimum Gasteiger partial charge on any atom is -0.368 e. The third-order valence-electron chi connectivity index (χ3n) is 4.08. The number of alkyl halides is 1. The van der Waals surface area contributed by atoms with Crippen LogP contribution in [0.5, 0.6) is 0 Å². The topological polar surface area (TPSA) is 66.7 Å². The number of hydrogen-bond acceptors (Lipinski definition) is 4. The summed E-state index contributed by atoms with van der Waals surface area (Å²) in [7, 11) is 0. The quantitative estimate of drug-likeness (QED) is 0.331. The molecular formula is C16H22ClN3O3. The number of halogens is 1. The van der Waals surface area contributed by atoms with Crippen molar-refractivity contribution in [1.82, 2.24) is 4.90 Å². The molecule has 1 amide bonds. The molecule has 1 heterocycles. The number of carbonyl (C=O) groups excluding carboxylic acids is 1. The molecule has 0 unspecified atom stereocenters. The van der Waals surface area contributed by atoms with Gasteiger partial charge in [0.05, 0.1) is 4.92 Å². The molecule has 23 heavy (non-hydrogen) atoms. The van der Waals surface area contributed by atoms with Gasteiger partial charge in [-0.3, -0.25) is 14.9 Å². The average molecular weight is 340 g/mol. The van der Waals surface area contributed by atoms with Gasteiger partial charge in [-0.05, 0) is 25.0 Å². The molecule has 0 saturated carbocycles. The summed E-state index contributed by atoms with van der Waals surface area (Å²) in [6.45, 7) is 2.91. The van der Waals surface area contributed by atoms with Crippen LogP contribution in [0.3, 0.4) is 0 Å². The van der Waals surface area contributed by atoms with Crippen molar-refractivity contribution in [1.29, 1.82) is 0 Å². The maximum absolute atomic E-state index is 12.1. The third-order valence-corrected chi connectivity index (χ3v) is 4.35. The van der Waals surface area contributed by atoms with Crippen molar-refractivity contribution in [3.63, 3.8) is 0 Å². The van der Waals surface area contributed by atoms with Crippen LogP contribution in [0.4, 0.5) is 11.4 Å². The number of non-ortho nitro benzene ring substituents is 1. The molecule has 0 aliphatic carbocycles. The first-order valence-electron chi connectivity index (χ1n) is 7.95. The Morgan fingerprint density at radius 3 is 2.30 bits per heavy atom. The van der Waals surface area contributed by atoms with Crippen molar-refractivity contribution in [3.8, 4) is 0 Å². The van der Waals surface area contributed by atoms with Crippen molar-refractivity contribution in [2.45, 2.75) is 25.7 Å². The number of carbonyl (C=O) groups is 1. The highest BCUT2D eigenvalue weighted by Crippen LogP contribution is 2.21. The van der Waals surface area contributed by atoms with Crippen molar-refractivity contribution < 1.29 is 9.72 Å². The van der Waals surface area contributed by atoms with Crippen molar-refractivity contribution in [2.24, 2.45) is 0 Å². The predicted molar refractivity (Wildman–Crippen MR) is 91.1 cm³/mol. The molecule has 0 aromatic heterocycles. The molecule has 126 valence electrons. The normalized spacial score (nSPS) is 14.8. The fraction of sp³-hybridized carbons (Fsp3) is 0.562. The van der Waals surface area contributed by atoms with Crippen LogP contribution in [-0.2, 0) is 4.79 Å². The summed E-state index contributed by atoms with van der Waals surface area (Å²) in [5.74, 6) is 0.866. The molecular weight excluding hydrogens is 318 g/mol. The van der Waals surface area contributed by atoms with E-state index in [1.165, 1.54) is 12.1 Å². The Balaban J connectivity index is 1.79. The summed E-state index contributed by atoms with van der Waals surface area (Å²) < 4.78 is 0. The van der Waals surface area contributed by atoms with Crippen LogP contribution in [0.2, 0.25) is 0 Å². The first-order valence-corrected chi connectivity index (χ1v) is 8.48. The first kappa shape index (κ1) is 17.5. The number of nitro groups is 1. The molecule has 1 saturated heterocycles. The van der Waals surface area contributed by atoms with E-state index in [-0.39, 0.29) is 11.6 Å². The van der Waals surface area contributed by atoms with Crippen LogP contribution >= 0.6 is 11.6 Å². The second kappa shape index (κ2) is 8.72. The zero-order valence-electron chi connectivity index (χ0n) is 13.1. The summed E-state index contributed by atoms with van der Waals surface area (Å²) in [6.07, 6.45) is 3.45. The van der Waals surface area contributed by atoms with Crippen LogP contribution in [0.1, 0.15) is 25.7 Å². The van der Waals surface area contributed by atoms with Gasteiger partial charge in [0.25, 0.3) is 5.69 Å². The lowest BCUT2D eigenvalue weighted by Crippen LogP contribution is -2.48. The molecule has 0 atom stereocenters. The van der Waals surface area contributed by atoms with Crippen LogP contribution in [-0.4, -0.2) is 47.8 Å². The molecule has 1 aliphatic rings. The van der Waals surface area contributed by atoms with E-state index in [9.17, 15) is 14.9 Å². The van der Waals surface area contributed by atoms with Crippen molar-refractivity contribution >= 4 is 28.9 Å². The number of nitro benzene ring substituents is 1. The largest absolute Gasteiger partial charge is 0.368 e. The molecule has 6 nitrogen and oxygen atoms in total. The van der Waals surface area contributed by atoms with E-state index in [1.807, 2.05) is 4.90 Å². The number of rotatable bonds is 7. The SMILES string of the molecule is O=C(CCCCCCl)N1CCN(c2ccc([N+](=O)[O-])cc2)CC1. The number of hydrogen-bond donors (Lipinski definition) is 0. The van der Waals surface area contributed by atoms with Crippen molar-refractivity contribution in [3.05, 3.63) is 34.4 Å². The van der Waals surface area contributed by atoms with Crippen LogP contribution in [0.15, 0.2) is 24.3 Å². The molecule has 1 aromatic carbocycles. The van der Waals surface area contributed by atoms with Crippen LogP contribution < -0.4 is 4.90 Å². The maximum Gasteiger partial charge on any atom is 0.269 e. The summed E-state index contributed by atoms with van der Waals surface area (Å²) in [4.78, 5) is 26.5. The third kappa shape index (κ3) is 5.10. The van der Waals surface area contributed by atoms with Gasteiger partial charge in [0.15, 0.2) is 0 Å². The van der Waals surface area contributed by atoms with Gasteiger partial charge in [-0.15, -0.1) is 11.6 Å². The van der Waals surface area contributed by atoms with Crippen LogP contribution in [0.25, 0.3) is 0 Å². The smallest absolute Gasteiger partial charge is 0.269 e. The predicted octanol–water partition coefficient (Wildman–Crippen LogP) is 3.04. The lowest BCUT2D eigenvalue weighted by atomic mass is 10.1. The molecule has 1 fully saturated rings. The van der Waals surface area contributed by atoms with E-state index in [2.05, 4.69) is 4.90 Å². The van der Waals surface area contributed by atoms with Gasteiger partial charge in [0.2, 0.25) is 5.91 Å². The van der Waals surface area contributed by atoms with Gasteiger partial charge in [0, 0.05) is 56.3 Å². The summed E-state index contributed by atoms with van der Waals surface area (Å²) in [6, 6.07) is 6.57. The van der Waals surface area contributed by atoms with E-state index in [1.54, 1.807) is 12.1 Å². The Hall–Kier alpha value is -1.82. The maximum atomic E-state index is 12.1. The summed E-state index contributed by atoms with van der Waals surface area (Å²) >= 11 is 5.63. The Kier molecular flexibility index (Phi) is 6.65. The Labute approximate surface area is 141 Å². The summed E-state index contributed by atoms with van der Waals surface area (Å²) in [5.41, 5.74) is 1.06. The molecule has 1 aromatic rings. The lowest BCUT2D eigenvalue weighted by molar-refractivity contribution is -0.384. The minimum absolute atomic E-state index is 0.0968. The van der Waals surface area contributed by atoms with Gasteiger partial charge in [-0.25, -0.2) is 0 Å². The fourth-order valence-corrected chi connectivity index (χ4v) is 2.89. The second-order valence-corrected chi connectivity index (χ2v) is 6.02. The zero-order valence-corrected chi connectivity index (χ0v) is 13.9. The number of unbranched alkanes of at least 4 members (excludes halogenated alkanes) is 2. The van der Waals surface area contributed by atoms with Gasteiger partial charge >= 0.3 is 0 Å².